The largest absolute Gasteiger partial charge is 0.454 e. The minimum atomic E-state index is 0.0439. The van der Waals surface area contributed by atoms with Crippen LogP contribution in [0.4, 0.5) is 5.13 Å². The standard InChI is InChI=1S/C23H27N3O3S/c1-4-16-6-8-18-21(13-16)30-23(24-18)26(11-5-10-25(2)3)22(27)14-17-7-9-19-20(12-17)29-15-28-19/h6-9,12-13H,4-5,10-11,14-15H2,1-3H3. The highest BCUT2D eigenvalue weighted by atomic mass is 32.1. The average Bonchev–Trinajstić information content (AvgIpc) is 3.36. The van der Waals surface area contributed by atoms with Gasteiger partial charge in [0, 0.05) is 6.54 Å². The lowest BCUT2D eigenvalue weighted by Gasteiger charge is -2.21. The zero-order chi connectivity index (χ0) is 21.1. The van der Waals surface area contributed by atoms with Crippen LogP contribution in [-0.2, 0) is 17.6 Å². The van der Waals surface area contributed by atoms with Gasteiger partial charge in [0.15, 0.2) is 16.6 Å². The summed E-state index contributed by atoms with van der Waals surface area (Å²) in [7, 11) is 4.09. The predicted octanol–water partition coefficient (Wildman–Crippen LogP) is 4.11. The number of aromatic nitrogens is 1. The molecule has 1 aliphatic rings. The normalized spacial score (nSPS) is 12.7. The second-order valence-corrected chi connectivity index (χ2v) is 8.73. The zero-order valence-corrected chi connectivity index (χ0v) is 18.5. The average molecular weight is 426 g/mol. The summed E-state index contributed by atoms with van der Waals surface area (Å²) < 4.78 is 12.0. The number of aryl methyl sites for hydroxylation is 1. The van der Waals surface area contributed by atoms with E-state index in [1.165, 1.54) is 5.56 Å². The first-order chi connectivity index (χ1) is 14.5. The van der Waals surface area contributed by atoms with E-state index >= 15 is 0 Å². The molecule has 1 amide bonds. The van der Waals surface area contributed by atoms with Crippen LogP contribution in [0.1, 0.15) is 24.5 Å². The van der Waals surface area contributed by atoms with Crippen molar-refractivity contribution < 1.29 is 14.3 Å². The van der Waals surface area contributed by atoms with Gasteiger partial charge in [-0.25, -0.2) is 4.98 Å². The molecule has 4 rings (SSSR count). The molecular formula is C23H27N3O3S. The summed E-state index contributed by atoms with van der Waals surface area (Å²) in [6.07, 6.45) is 2.17. The number of ether oxygens (including phenoxy) is 2. The molecule has 30 heavy (non-hydrogen) atoms. The van der Waals surface area contributed by atoms with Crippen LogP contribution >= 0.6 is 11.3 Å². The number of rotatable bonds is 8. The van der Waals surface area contributed by atoms with Gasteiger partial charge in [-0.05, 0) is 68.9 Å². The van der Waals surface area contributed by atoms with Crippen molar-refractivity contribution in [2.75, 3.05) is 38.9 Å². The number of nitrogens with zero attached hydrogens (tertiary/aromatic N) is 3. The van der Waals surface area contributed by atoms with Gasteiger partial charge in [-0.1, -0.05) is 30.4 Å². The van der Waals surface area contributed by atoms with E-state index in [0.29, 0.717) is 18.7 Å². The first-order valence-corrected chi connectivity index (χ1v) is 11.1. The SMILES string of the molecule is CCc1ccc2nc(N(CCCN(C)C)C(=O)Cc3ccc4c(c3)OCO4)sc2c1. The number of amides is 1. The molecular weight excluding hydrogens is 398 g/mol. The summed E-state index contributed by atoms with van der Waals surface area (Å²) in [6, 6.07) is 12.0. The van der Waals surface area contributed by atoms with Crippen LogP contribution in [0, 0.1) is 0 Å². The molecule has 1 aromatic heterocycles. The molecule has 0 spiro atoms. The number of hydrogen-bond donors (Lipinski definition) is 0. The number of fused-ring (bicyclic) bond motifs is 2. The molecule has 0 saturated carbocycles. The lowest BCUT2D eigenvalue weighted by Crippen LogP contribution is -2.34. The van der Waals surface area contributed by atoms with Crippen molar-refractivity contribution in [3.05, 3.63) is 47.5 Å². The van der Waals surface area contributed by atoms with E-state index in [9.17, 15) is 4.79 Å². The van der Waals surface area contributed by atoms with Crippen molar-refractivity contribution in [2.24, 2.45) is 0 Å². The van der Waals surface area contributed by atoms with Crippen molar-refractivity contribution in [3.63, 3.8) is 0 Å². The maximum Gasteiger partial charge on any atom is 0.233 e. The zero-order valence-electron chi connectivity index (χ0n) is 17.7. The Morgan fingerprint density at radius 2 is 1.87 bits per heavy atom. The van der Waals surface area contributed by atoms with Crippen LogP contribution in [0.25, 0.3) is 10.2 Å². The van der Waals surface area contributed by atoms with E-state index < -0.39 is 0 Å². The van der Waals surface area contributed by atoms with E-state index in [2.05, 4.69) is 30.0 Å². The van der Waals surface area contributed by atoms with Crippen LogP contribution in [0.2, 0.25) is 0 Å². The van der Waals surface area contributed by atoms with Gasteiger partial charge in [-0.2, -0.15) is 0 Å². The summed E-state index contributed by atoms with van der Waals surface area (Å²) in [6.45, 7) is 3.93. The van der Waals surface area contributed by atoms with Crippen molar-refractivity contribution in [1.29, 1.82) is 0 Å². The van der Waals surface area contributed by atoms with Gasteiger partial charge >= 0.3 is 0 Å². The molecule has 0 radical (unpaired) electrons. The van der Waals surface area contributed by atoms with Gasteiger partial charge < -0.3 is 14.4 Å². The highest BCUT2D eigenvalue weighted by Gasteiger charge is 2.21. The Bertz CT molecular complexity index is 1050. The third kappa shape index (κ3) is 4.57. The summed E-state index contributed by atoms with van der Waals surface area (Å²) in [5, 5.41) is 0.766. The number of carbonyl (C=O) groups excluding carboxylic acids is 1. The van der Waals surface area contributed by atoms with Gasteiger partial charge in [0.1, 0.15) is 0 Å². The molecule has 0 bridgehead atoms. The van der Waals surface area contributed by atoms with Crippen molar-refractivity contribution in [2.45, 2.75) is 26.2 Å². The predicted molar refractivity (Wildman–Crippen MR) is 121 cm³/mol. The highest BCUT2D eigenvalue weighted by molar-refractivity contribution is 7.22. The Kier molecular flexibility index (Phi) is 6.20. The molecule has 6 nitrogen and oxygen atoms in total. The maximum atomic E-state index is 13.3. The molecule has 0 N–H and O–H groups in total. The molecule has 0 fully saturated rings. The monoisotopic (exact) mass is 425 g/mol. The van der Waals surface area contributed by atoms with E-state index in [-0.39, 0.29) is 12.7 Å². The Labute approximate surface area is 181 Å². The first kappa shape index (κ1) is 20.6. The van der Waals surface area contributed by atoms with Gasteiger partial charge in [0.2, 0.25) is 12.7 Å². The Morgan fingerprint density at radius 3 is 2.67 bits per heavy atom. The van der Waals surface area contributed by atoms with Crippen LogP contribution < -0.4 is 14.4 Å². The van der Waals surface area contributed by atoms with Gasteiger partial charge in [0.25, 0.3) is 0 Å². The number of hydrogen-bond acceptors (Lipinski definition) is 6. The number of carbonyl (C=O) groups is 1. The topological polar surface area (TPSA) is 54.9 Å². The smallest absolute Gasteiger partial charge is 0.233 e. The molecule has 2 heterocycles. The van der Waals surface area contributed by atoms with E-state index in [0.717, 1.165) is 46.0 Å². The molecule has 0 saturated heterocycles. The lowest BCUT2D eigenvalue weighted by atomic mass is 10.1. The van der Waals surface area contributed by atoms with Gasteiger partial charge in [-0.3, -0.25) is 9.69 Å². The van der Waals surface area contributed by atoms with Crippen LogP contribution in [0.5, 0.6) is 11.5 Å². The van der Waals surface area contributed by atoms with Crippen molar-refractivity contribution >= 4 is 32.6 Å². The molecule has 7 heteroatoms. The van der Waals surface area contributed by atoms with Crippen molar-refractivity contribution in [3.8, 4) is 11.5 Å². The third-order valence-electron chi connectivity index (χ3n) is 5.16. The summed E-state index contributed by atoms with van der Waals surface area (Å²) in [5.41, 5.74) is 3.14. The van der Waals surface area contributed by atoms with Gasteiger partial charge in [0.05, 0.1) is 16.6 Å². The summed E-state index contributed by atoms with van der Waals surface area (Å²) in [5.74, 6) is 1.47. The van der Waals surface area contributed by atoms with Crippen LogP contribution in [-0.4, -0.2) is 49.8 Å². The van der Waals surface area contributed by atoms with Crippen LogP contribution in [0.3, 0.4) is 0 Å². The number of thiazole rings is 1. The summed E-state index contributed by atoms with van der Waals surface area (Å²) in [4.78, 5) is 22.0. The van der Waals surface area contributed by atoms with Gasteiger partial charge in [-0.15, -0.1) is 0 Å². The fourth-order valence-electron chi connectivity index (χ4n) is 3.49. The fraction of sp³-hybridized carbons (Fsp3) is 0.391. The quantitative estimate of drug-likeness (QED) is 0.544. The van der Waals surface area contributed by atoms with E-state index in [4.69, 9.17) is 14.5 Å². The highest BCUT2D eigenvalue weighted by Crippen LogP contribution is 2.34. The number of anilines is 1. The minimum absolute atomic E-state index is 0.0439. The third-order valence-corrected chi connectivity index (χ3v) is 6.20. The Hall–Kier alpha value is -2.64. The first-order valence-electron chi connectivity index (χ1n) is 10.3. The van der Waals surface area contributed by atoms with E-state index in [1.807, 2.05) is 37.2 Å². The van der Waals surface area contributed by atoms with Crippen LogP contribution in [0.15, 0.2) is 36.4 Å². The maximum absolute atomic E-state index is 13.3. The van der Waals surface area contributed by atoms with E-state index in [1.54, 1.807) is 11.3 Å². The fourth-order valence-corrected chi connectivity index (χ4v) is 4.56. The summed E-state index contributed by atoms with van der Waals surface area (Å²) >= 11 is 1.59. The molecule has 3 aromatic rings. The minimum Gasteiger partial charge on any atom is -0.454 e. The lowest BCUT2D eigenvalue weighted by molar-refractivity contribution is -0.118. The van der Waals surface area contributed by atoms with Crippen molar-refractivity contribution in [1.82, 2.24) is 9.88 Å². The molecule has 2 aromatic carbocycles. The Morgan fingerprint density at radius 1 is 1.07 bits per heavy atom. The molecule has 0 aliphatic carbocycles. The molecule has 1 aliphatic heterocycles. The Balaban J connectivity index is 1.57. The number of benzene rings is 2. The second-order valence-electron chi connectivity index (χ2n) is 7.72. The second kappa shape index (κ2) is 9.02. The molecule has 158 valence electrons. The molecule has 0 unspecified atom stereocenters. The molecule has 0 atom stereocenters.